The average Bonchev–Trinajstić information content (AvgIpc) is 3.62. The molecule has 0 saturated heterocycles. The van der Waals surface area contributed by atoms with Gasteiger partial charge in [-0.1, -0.05) is 6.07 Å². The summed E-state index contributed by atoms with van der Waals surface area (Å²) in [6, 6.07) is 6.83. The molecule has 0 aliphatic rings. The van der Waals surface area contributed by atoms with Gasteiger partial charge in [0, 0.05) is 19.8 Å². The maximum atomic E-state index is 13.1. The van der Waals surface area contributed by atoms with Crippen molar-refractivity contribution >= 4 is 23.2 Å². The van der Waals surface area contributed by atoms with E-state index in [2.05, 4.69) is 25.9 Å². The number of ether oxygens (including phenoxy) is 3. The molecule has 0 unspecified atom stereocenters. The Morgan fingerprint density at radius 1 is 0.973 bits per heavy atom. The Morgan fingerprint density at radius 2 is 1.65 bits per heavy atom. The second kappa shape index (κ2) is 10.8. The van der Waals surface area contributed by atoms with Crippen molar-refractivity contribution in [1.29, 1.82) is 0 Å². The van der Waals surface area contributed by atoms with E-state index in [1.54, 1.807) is 48.4 Å². The number of anilines is 2. The van der Waals surface area contributed by atoms with Crippen LogP contribution in [-0.2, 0) is 20.3 Å². The molecule has 0 aliphatic heterocycles. The van der Waals surface area contributed by atoms with E-state index in [9.17, 15) is 9.59 Å². The molecule has 0 spiro atoms. The molecule has 3 aromatic heterocycles. The van der Waals surface area contributed by atoms with Crippen LogP contribution in [-0.4, -0.2) is 55.4 Å². The quantitative estimate of drug-likeness (QED) is 0.333. The first-order valence-electron chi connectivity index (χ1n) is 11.4. The molecule has 0 radical (unpaired) electrons. The van der Waals surface area contributed by atoms with Crippen molar-refractivity contribution in [2.24, 2.45) is 7.05 Å². The first-order valence-corrected chi connectivity index (χ1v) is 11.4. The minimum absolute atomic E-state index is 0.00982. The zero-order valence-electron chi connectivity index (χ0n) is 21.2. The van der Waals surface area contributed by atoms with Gasteiger partial charge in [0.25, 0.3) is 11.8 Å². The number of nitrogens with one attached hydrogen (secondary N) is 2. The number of carbonyl (C=O) groups excluding carboxylic acids is 2. The van der Waals surface area contributed by atoms with Crippen LogP contribution in [0.15, 0.2) is 42.9 Å². The van der Waals surface area contributed by atoms with Crippen LogP contribution < -0.4 is 24.8 Å². The Balaban J connectivity index is 1.47. The lowest BCUT2D eigenvalue weighted by Gasteiger charge is -2.13. The third kappa shape index (κ3) is 5.24. The van der Waals surface area contributed by atoms with Crippen LogP contribution in [0.5, 0.6) is 17.2 Å². The molecule has 0 atom stereocenters. The van der Waals surface area contributed by atoms with Crippen LogP contribution in [0.4, 0.5) is 11.4 Å². The molecular weight excluding hydrogens is 480 g/mol. The number of hydrogen-bond acceptors (Lipinski definition) is 8. The van der Waals surface area contributed by atoms with E-state index < -0.39 is 11.8 Å². The molecule has 13 nitrogen and oxygen atoms in total. The molecule has 3 heterocycles. The van der Waals surface area contributed by atoms with Crippen LogP contribution in [0.2, 0.25) is 0 Å². The van der Waals surface area contributed by atoms with E-state index >= 15 is 0 Å². The zero-order chi connectivity index (χ0) is 26.5. The lowest BCUT2D eigenvalue weighted by atomic mass is 10.3. The maximum absolute atomic E-state index is 13.1. The van der Waals surface area contributed by atoms with E-state index in [-0.39, 0.29) is 23.8 Å². The number of nitrogens with zero attached hydrogens (tertiary/aromatic N) is 6. The number of aryl methyl sites for hydroxylation is 2. The lowest BCUT2D eigenvalue weighted by Crippen LogP contribution is -2.21. The van der Waals surface area contributed by atoms with E-state index in [0.717, 1.165) is 5.69 Å². The average molecular weight is 509 g/mol. The molecule has 37 heavy (non-hydrogen) atoms. The molecule has 0 saturated carbocycles. The molecule has 2 N–H and O–H groups in total. The topological polar surface area (TPSA) is 139 Å². The fraction of sp³-hybridized carbons (Fsp3) is 0.292. The molecule has 4 rings (SSSR count). The first kappa shape index (κ1) is 25.3. The van der Waals surface area contributed by atoms with E-state index in [0.29, 0.717) is 29.5 Å². The van der Waals surface area contributed by atoms with Gasteiger partial charge in [-0.2, -0.15) is 15.3 Å². The van der Waals surface area contributed by atoms with Gasteiger partial charge < -0.3 is 24.8 Å². The van der Waals surface area contributed by atoms with Crippen molar-refractivity contribution in [3.63, 3.8) is 0 Å². The Morgan fingerprint density at radius 3 is 2.27 bits per heavy atom. The summed E-state index contributed by atoms with van der Waals surface area (Å²) in [5, 5.41) is 18.2. The van der Waals surface area contributed by atoms with Crippen molar-refractivity contribution in [2.45, 2.75) is 27.1 Å². The highest BCUT2D eigenvalue weighted by Gasteiger charge is 2.22. The number of benzene rings is 1. The number of carbonyl (C=O) groups is 2. The summed E-state index contributed by atoms with van der Waals surface area (Å²) in [5.41, 5.74) is 1.97. The molecule has 2 amide bonds. The van der Waals surface area contributed by atoms with Gasteiger partial charge in [0.15, 0.2) is 23.9 Å². The van der Waals surface area contributed by atoms with Crippen LogP contribution in [0.3, 0.4) is 0 Å². The fourth-order valence-corrected chi connectivity index (χ4v) is 3.59. The van der Waals surface area contributed by atoms with Crippen LogP contribution >= 0.6 is 0 Å². The van der Waals surface area contributed by atoms with Gasteiger partial charge in [0.05, 0.1) is 43.7 Å². The van der Waals surface area contributed by atoms with Crippen LogP contribution in [0, 0.1) is 6.92 Å². The first-order chi connectivity index (χ1) is 17.9. The molecule has 0 fully saturated rings. The summed E-state index contributed by atoms with van der Waals surface area (Å²) in [4.78, 5) is 26.0. The third-order valence-electron chi connectivity index (χ3n) is 5.68. The number of rotatable bonds is 10. The van der Waals surface area contributed by atoms with Crippen LogP contribution in [0.1, 0.15) is 33.6 Å². The molecule has 194 valence electrons. The predicted octanol–water partition coefficient (Wildman–Crippen LogP) is 2.70. The summed E-state index contributed by atoms with van der Waals surface area (Å²) >= 11 is 0. The lowest BCUT2D eigenvalue weighted by molar-refractivity contribution is 0.101. The number of aromatic nitrogens is 6. The number of methoxy groups -OCH3 is 2. The van der Waals surface area contributed by atoms with Crippen LogP contribution in [0.25, 0.3) is 0 Å². The Bertz CT molecular complexity index is 1400. The van der Waals surface area contributed by atoms with E-state index in [1.807, 2.05) is 13.8 Å². The number of para-hydroxylation sites is 1. The summed E-state index contributed by atoms with van der Waals surface area (Å²) in [5.74, 6) is 0.501. The maximum Gasteiger partial charge on any atom is 0.276 e. The second-order valence-corrected chi connectivity index (χ2v) is 7.90. The smallest absolute Gasteiger partial charge is 0.276 e. The Labute approximate surface area is 212 Å². The molecule has 1 aromatic carbocycles. The van der Waals surface area contributed by atoms with Gasteiger partial charge >= 0.3 is 0 Å². The summed E-state index contributed by atoms with van der Waals surface area (Å²) < 4.78 is 21.1. The highest BCUT2D eigenvalue weighted by molar-refractivity contribution is 6.11. The van der Waals surface area contributed by atoms with Gasteiger partial charge in [-0.25, -0.2) is 4.68 Å². The largest absolute Gasteiger partial charge is 0.493 e. The van der Waals surface area contributed by atoms with Gasteiger partial charge in [-0.3, -0.25) is 19.0 Å². The predicted molar refractivity (Wildman–Crippen MR) is 134 cm³/mol. The molecule has 4 aromatic rings. The minimum atomic E-state index is -0.504. The van der Waals surface area contributed by atoms with Crippen molar-refractivity contribution in [1.82, 2.24) is 29.3 Å². The van der Waals surface area contributed by atoms with Crippen molar-refractivity contribution in [2.75, 3.05) is 24.9 Å². The fourth-order valence-electron chi connectivity index (χ4n) is 3.59. The third-order valence-corrected chi connectivity index (χ3v) is 5.68. The van der Waals surface area contributed by atoms with Crippen molar-refractivity contribution in [3.8, 4) is 17.2 Å². The Hall–Kier alpha value is -4.81. The van der Waals surface area contributed by atoms with Gasteiger partial charge in [0.2, 0.25) is 5.75 Å². The van der Waals surface area contributed by atoms with Crippen molar-refractivity contribution in [3.05, 3.63) is 59.9 Å². The normalized spacial score (nSPS) is 10.7. The van der Waals surface area contributed by atoms with E-state index in [1.165, 1.54) is 29.8 Å². The second-order valence-electron chi connectivity index (χ2n) is 7.90. The zero-order valence-corrected chi connectivity index (χ0v) is 21.2. The standard InChI is InChI=1S/C24H28N8O5/c1-6-32-21(24(34)27-17-12-25-30(3)15(17)2)18(13-26-32)28-23(33)16-10-11-31(29-16)14-37-22-19(35-4)8-7-9-20(22)36-5/h7-13H,6,14H2,1-5H3,(H,27,34)(H,28,33). The minimum Gasteiger partial charge on any atom is -0.493 e. The summed E-state index contributed by atoms with van der Waals surface area (Å²) in [7, 11) is 4.85. The van der Waals surface area contributed by atoms with E-state index in [4.69, 9.17) is 14.2 Å². The number of amides is 2. The summed E-state index contributed by atoms with van der Waals surface area (Å²) in [6.45, 7) is 4.13. The van der Waals surface area contributed by atoms with Gasteiger partial charge in [-0.05, 0) is 32.0 Å². The monoisotopic (exact) mass is 508 g/mol. The molecule has 0 aliphatic carbocycles. The molecular formula is C24H28N8O5. The molecule has 13 heteroatoms. The van der Waals surface area contributed by atoms with Crippen molar-refractivity contribution < 1.29 is 23.8 Å². The SMILES string of the molecule is CCn1ncc(NC(=O)c2ccn(COc3c(OC)cccc3OC)n2)c1C(=O)Nc1cnn(C)c1C. The van der Waals surface area contributed by atoms with Gasteiger partial charge in [0.1, 0.15) is 5.69 Å². The van der Waals surface area contributed by atoms with Gasteiger partial charge in [-0.15, -0.1) is 0 Å². The Kier molecular flexibility index (Phi) is 7.41. The summed E-state index contributed by atoms with van der Waals surface area (Å²) in [6.07, 6.45) is 4.60. The highest BCUT2D eigenvalue weighted by atomic mass is 16.5. The number of hydrogen-bond donors (Lipinski definition) is 2. The molecule has 0 bridgehead atoms. The highest BCUT2D eigenvalue weighted by Crippen LogP contribution is 2.36.